The van der Waals surface area contributed by atoms with Crippen molar-refractivity contribution in [3.63, 3.8) is 0 Å². The number of ether oxygens (including phenoxy) is 3. The summed E-state index contributed by atoms with van der Waals surface area (Å²) in [6, 6.07) is 11.8. The smallest absolute Gasteiger partial charge is 0.310 e. The van der Waals surface area contributed by atoms with Crippen molar-refractivity contribution in [2.24, 2.45) is 0 Å². The summed E-state index contributed by atoms with van der Waals surface area (Å²) < 4.78 is 15.4. The number of carbonyl (C=O) groups is 3. The van der Waals surface area contributed by atoms with E-state index in [9.17, 15) is 14.4 Å². The molecule has 0 radical (unpaired) electrons. The van der Waals surface area contributed by atoms with Crippen molar-refractivity contribution >= 4 is 35.1 Å². The van der Waals surface area contributed by atoms with Crippen LogP contribution in [0.2, 0.25) is 5.02 Å². The average Bonchev–Trinajstić information content (AvgIpc) is 2.73. The van der Waals surface area contributed by atoms with Crippen LogP contribution in [0.1, 0.15) is 5.56 Å². The quantitative estimate of drug-likeness (QED) is 0.609. The largest absolute Gasteiger partial charge is 0.497 e. The second-order valence-electron chi connectivity index (χ2n) is 6.29. The Labute approximate surface area is 179 Å². The minimum Gasteiger partial charge on any atom is -0.497 e. The van der Waals surface area contributed by atoms with E-state index >= 15 is 0 Å². The highest BCUT2D eigenvalue weighted by molar-refractivity contribution is 6.33. The van der Waals surface area contributed by atoms with Crippen molar-refractivity contribution in [3.8, 4) is 11.5 Å². The Bertz CT molecular complexity index is 918. The zero-order valence-electron chi connectivity index (χ0n) is 16.9. The number of halogens is 1. The number of anilines is 1. The number of rotatable bonds is 9. The molecule has 0 atom stereocenters. The summed E-state index contributed by atoms with van der Waals surface area (Å²) in [5.74, 6) is -0.463. The molecule has 2 aromatic carbocycles. The van der Waals surface area contributed by atoms with Crippen LogP contribution in [0.3, 0.4) is 0 Å². The number of nitrogens with zero attached hydrogens (tertiary/aromatic N) is 1. The number of methoxy groups -OCH3 is 2. The molecule has 0 heterocycles. The minimum absolute atomic E-state index is 0.0723. The van der Waals surface area contributed by atoms with E-state index in [2.05, 4.69) is 5.32 Å². The van der Waals surface area contributed by atoms with Crippen LogP contribution in [0.5, 0.6) is 11.5 Å². The van der Waals surface area contributed by atoms with Gasteiger partial charge in [-0.15, -0.1) is 0 Å². The number of hydrogen-bond donors (Lipinski definition) is 1. The lowest BCUT2D eigenvalue weighted by molar-refractivity contribution is -0.151. The Morgan fingerprint density at radius 3 is 2.47 bits per heavy atom. The van der Waals surface area contributed by atoms with E-state index in [4.69, 9.17) is 25.8 Å². The van der Waals surface area contributed by atoms with E-state index in [-0.39, 0.29) is 13.0 Å². The first-order valence-corrected chi connectivity index (χ1v) is 9.36. The number of nitrogens with one attached hydrogen (secondary N) is 1. The van der Waals surface area contributed by atoms with Crippen molar-refractivity contribution in [2.45, 2.75) is 6.42 Å². The van der Waals surface area contributed by atoms with Crippen LogP contribution in [-0.4, -0.2) is 57.1 Å². The standard InChI is InChI=1S/C21H23ClN2O6/c1-24(12-19(25)23-17-7-5-4-6-16(17)22)20(26)13-30-21(27)10-14-8-9-15(28-2)11-18(14)29-3/h4-9,11H,10,12-13H2,1-3H3,(H,23,25). The molecule has 0 fully saturated rings. The molecular formula is C21H23ClN2O6. The summed E-state index contributed by atoms with van der Waals surface area (Å²) in [5, 5.41) is 3.01. The summed E-state index contributed by atoms with van der Waals surface area (Å²) in [6.45, 7) is -0.693. The zero-order chi connectivity index (χ0) is 22.1. The van der Waals surface area contributed by atoms with E-state index in [1.165, 1.54) is 21.3 Å². The van der Waals surface area contributed by atoms with E-state index in [0.717, 1.165) is 4.90 Å². The van der Waals surface area contributed by atoms with Crippen molar-refractivity contribution < 1.29 is 28.6 Å². The van der Waals surface area contributed by atoms with Crippen LogP contribution in [0.15, 0.2) is 42.5 Å². The predicted octanol–water partition coefficient (Wildman–Crippen LogP) is 2.54. The molecular weight excluding hydrogens is 412 g/mol. The lowest BCUT2D eigenvalue weighted by atomic mass is 10.1. The molecule has 2 aromatic rings. The first-order valence-electron chi connectivity index (χ1n) is 8.99. The van der Waals surface area contributed by atoms with Gasteiger partial charge in [0.05, 0.1) is 37.9 Å². The lowest BCUT2D eigenvalue weighted by Crippen LogP contribution is -2.37. The maximum absolute atomic E-state index is 12.2. The molecule has 1 N–H and O–H groups in total. The minimum atomic E-state index is -0.597. The van der Waals surface area contributed by atoms with Gasteiger partial charge in [-0.05, 0) is 18.2 Å². The lowest BCUT2D eigenvalue weighted by Gasteiger charge is -2.17. The van der Waals surface area contributed by atoms with Gasteiger partial charge in [0.2, 0.25) is 5.91 Å². The molecule has 0 aromatic heterocycles. The second-order valence-corrected chi connectivity index (χ2v) is 6.70. The SMILES string of the molecule is COc1ccc(CC(=O)OCC(=O)N(C)CC(=O)Nc2ccccc2Cl)c(OC)c1. The van der Waals surface area contributed by atoms with Crippen molar-refractivity contribution in [1.82, 2.24) is 4.90 Å². The number of esters is 1. The summed E-state index contributed by atoms with van der Waals surface area (Å²) in [5.41, 5.74) is 1.05. The number of likely N-dealkylation sites (N-methyl/N-ethyl adjacent to an activating group) is 1. The first-order chi connectivity index (χ1) is 14.3. The molecule has 2 amide bonds. The number of amides is 2. The summed E-state index contributed by atoms with van der Waals surface area (Å²) in [7, 11) is 4.45. The molecule has 8 nitrogen and oxygen atoms in total. The fraction of sp³-hybridized carbons (Fsp3) is 0.286. The van der Waals surface area contributed by atoms with Crippen LogP contribution in [-0.2, 0) is 25.5 Å². The predicted molar refractivity (Wildman–Crippen MR) is 112 cm³/mol. The Hall–Kier alpha value is -3.26. The van der Waals surface area contributed by atoms with Gasteiger partial charge in [-0.3, -0.25) is 14.4 Å². The fourth-order valence-corrected chi connectivity index (χ4v) is 2.70. The second kappa shape index (κ2) is 11.1. The molecule has 160 valence electrons. The maximum atomic E-state index is 12.2. The zero-order valence-corrected chi connectivity index (χ0v) is 17.7. The van der Waals surface area contributed by atoms with E-state index in [1.807, 2.05) is 0 Å². The molecule has 0 saturated carbocycles. The molecule has 9 heteroatoms. The maximum Gasteiger partial charge on any atom is 0.310 e. The van der Waals surface area contributed by atoms with E-state index in [1.54, 1.807) is 42.5 Å². The van der Waals surface area contributed by atoms with Crippen LogP contribution in [0.4, 0.5) is 5.69 Å². The molecule has 0 aliphatic heterocycles. The van der Waals surface area contributed by atoms with Gasteiger partial charge >= 0.3 is 5.97 Å². The molecule has 0 aliphatic carbocycles. The van der Waals surface area contributed by atoms with Gasteiger partial charge in [0, 0.05) is 18.7 Å². The molecule has 30 heavy (non-hydrogen) atoms. The molecule has 0 spiro atoms. The fourth-order valence-electron chi connectivity index (χ4n) is 2.51. The van der Waals surface area contributed by atoms with Gasteiger partial charge in [0.25, 0.3) is 5.91 Å². The highest BCUT2D eigenvalue weighted by Gasteiger charge is 2.17. The first kappa shape index (κ1) is 23.0. The van der Waals surface area contributed by atoms with Crippen LogP contribution >= 0.6 is 11.6 Å². The number of hydrogen-bond acceptors (Lipinski definition) is 6. The number of carbonyl (C=O) groups excluding carboxylic acids is 3. The van der Waals surface area contributed by atoms with Crippen LogP contribution in [0, 0.1) is 0 Å². The Kier molecular flexibility index (Phi) is 8.49. The van der Waals surface area contributed by atoms with Crippen molar-refractivity contribution in [2.75, 3.05) is 39.7 Å². The normalized spacial score (nSPS) is 10.1. The molecule has 0 unspecified atom stereocenters. The third-order valence-electron chi connectivity index (χ3n) is 4.14. The van der Waals surface area contributed by atoms with Crippen LogP contribution in [0.25, 0.3) is 0 Å². The van der Waals surface area contributed by atoms with Gasteiger partial charge in [0.15, 0.2) is 6.61 Å². The van der Waals surface area contributed by atoms with Gasteiger partial charge in [-0.2, -0.15) is 0 Å². The number of benzene rings is 2. The highest BCUT2D eigenvalue weighted by atomic mass is 35.5. The Morgan fingerprint density at radius 2 is 1.80 bits per heavy atom. The molecule has 0 bridgehead atoms. The van der Waals surface area contributed by atoms with Crippen LogP contribution < -0.4 is 14.8 Å². The summed E-state index contributed by atoms with van der Waals surface area (Å²) in [4.78, 5) is 37.5. The highest BCUT2D eigenvalue weighted by Crippen LogP contribution is 2.25. The van der Waals surface area contributed by atoms with Gasteiger partial charge in [-0.1, -0.05) is 29.8 Å². The van der Waals surface area contributed by atoms with Crippen molar-refractivity contribution in [1.29, 1.82) is 0 Å². The van der Waals surface area contributed by atoms with E-state index < -0.39 is 24.4 Å². The Morgan fingerprint density at radius 1 is 1.07 bits per heavy atom. The summed E-state index contributed by atoms with van der Waals surface area (Å²) >= 11 is 5.99. The Balaban J connectivity index is 1.82. The van der Waals surface area contributed by atoms with Gasteiger partial charge in [-0.25, -0.2) is 0 Å². The summed E-state index contributed by atoms with van der Waals surface area (Å²) in [6.07, 6.45) is -0.0723. The molecule has 0 saturated heterocycles. The van der Waals surface area contributed by atoms with Gasteiger partial charge in [0.1, 0.15) is 11.5 Å². The number of para-hydroxylation sites is 1. The molecule has 2 rings (SSSR count). The van der Waals surface area contributed by atoms with Crippen molar-refractivity contribution in [3.05, 3.63) is 53.1 Å². The third kappa shape index (κ3) is 6.66. The van der Waals surface area contributed by atoms with E-state index in [0.29, 0.717) is 27.8 Å². The average molecular weight is 435 g/mol. The monoisotopic (exact) mass is 434 g/mol. The van der Waals surface area contributed by atoms with Gasteiger partial charge < -0.3 is 24.4 Å². The third-order valence-corrected chi connectivity index (χ3v) is 4.47. The molecule has 0 aliphatic rings. The topological polar surface area (TPSA) is 94.2 Å².